The number of rotatable bonds is 4. The van der Waals surface area contributed by atoms with Crippen LogP contribution in [0.1, 0.15) is 12.8 Å². The number of likely N-dealkylation sites (N-methyl/N-ethyl adjacent to an activating group) is 1. The first kappa shape index (κ1) is 16.0. The summed E-state index contributed by atoms with van der Waals surface area (Å²) in [6.45, 7) is 2.19. The second-order valence-electron chi connectivity index (χ2n) is 5.64. The van der Waals surface area contributed by atoms with Crippen LogP contribution in [0.25, 0.3) is 0 Å². The van der Waals surface area contributed by atoms with Gasteiger partial charge in [-0.15, -0.1) is 0 Å². The largest absolute Gasteiger partial charge is 0.382 e. The number of carbonyl (C=O) groups excluding carboxylic acids is 1. The van der Waals surface area contributed by atoms with E-state index < -0.39 is 0 Å². The van der Waals surface area contributed by atoms with E-state index in [0.717, 1.165) is 25.9 Å². The molecule has 0 aliphatic carbocycles. The number of hydrogen-bond donors (Lipinski definition) is 1. The Morgan fingerprint density at radius 2 is 2.05 bits per heavy atom. The van der Waals surface area contributed by atoms with Gasteiger partial charge in [-0.1, -0.05) is 11.6 Å². The molecule has 1 N–H and O–H groups in total. The molecule has 0 radical (unpaired) electrons. The van der Waals surface area contributed by atoms with Crippen molar-refractivity contribution in [3.8, 4) is 0 Å². The Kier molecular flexibility index (Phi) is 5.42. The zero-order chi connectivity index (χ0) is 15.4. The average Bonchev–Trinajstić information content (AvgIpc) is 2.39. The Labute approximate surface area is 129 Å². The molecule has 1 fully saturated rings. The van der Waals surface area contributed by atoms with Gasteiger partial charge in [0.2, 0.25) is 5.91 Å². The zero-order valence-corrected chi connectivity index (χ0v) is 13.2. The summed E-state index contributed by atoms with van der Waals surface area (Å²) in [5.74, 6) is -0.211. The Hall–Kier alpha value is -1.33. The van der Waals surface area contributed by atoms with Crippen LogP contribution in [0.2, 0.25) is 5.02 Å². The lowest BCUT2D eigenvalue weighted by Gasteiger charge is -2.33. The van der Waals surface area contributed by atoms with Crippen molar-refractivity contribution in [1.82, 2.24) is 9.80 Å². The highest BCUT2D eigenvalue weighted by Crippen LogP contribution is 2.21. The van der Waals surface area contributed by atoms with E-state index in [1.807, 2.05) is 0 Å². The summed E-state index contributed by atoms with van der Waals surface area (Å²) < 4.78 is 13.3. The summed E-state index contributed by atoms with van der Waals surface area (Å²) in [7, 11) is 3.54. The normalized spacial score (nSPS) is 16.8. The fraction of sp³-hybridized carbons (Fsp3) is 0.533. The molecule has 0 atom stereocenters. The lowest BCUT2D eigenvalue weighted by Crippen LogP contribution is -2.43. The number of nitrogens with zero attached hydrogens (tertiary/aromatic N) is 2. The van der Waals surface area contributed by atoms with Gasteiger partial charge in [0.15, 0.2) is 0 Å². The second-order valence-corrected chi connectivity index (χ2v) is 6.08. The van der Waals surface area contributed by atoms with E-state index in [9.17, 15) is 9.18 Å². The fourth-order valence-electron chi connectivity index (χ4n) is 2.44. The van der Waals surface area contributed by atoms with Gasteiger partial charge in [-0.25, -0.2) is 4.39 Å². The summed E-state index contributed by atoms with van der Waals surface area (Å²) in [6, 6.07) is 4.76. The minimum atomic E-state index is -0.334. The Balaban J connectivity index is 1.82. The van der Waals surface area contributed by atoms with E-state index in [1.165, 1.54) is 12.1 Å². The van der Waals surface area contributed by atoms with Crippen molar-refractivity contribution in [1.29, 1.82) is 0 Å². The van der Waals surface area contributed by atoms with Crippen LogP contribution in [0.15, 0.2) is 18.2 Å². The highest BCUT2D eigenvalue weighted by atomic mass is 35.5. The van der Waals surface area contributed by atoms with Crippen molar-refractivity contribution < 1.29 is 9.18 Å². The van der Waals surface area contributed by atoms with Gasteiger partial charge in [0, 0.05) is 43.9 Å². The Bertz CT molecular complexity index is 481. The van der Waals surface area contributed by atoms with Gasteiger partial charge in [-0.2, -0.15) is 0 Å². The Morgan fingerprint density at radius 3 is 2.62 bits per heavy atom. The van der Waals surface area contributed by atoms with Crippen molar-refractivity contribution in [3.63, 3.8) is 0 Å². The van der Waals surface area contributed by atoms with Gasteiger partial charge in [0.05, 0.1) is 6.54 Å². The predicted octanol–water partition coefficient (Wildman–Crippen LogP) is 2.44. The summed E-state index contributed by atoms with van der Waals surface area (Å²) in [5, 5.41) is 3.71. The number of benzene rings is 1. The summed E-state index contributed by atoms with van der Waals surface area (Å²) in [6.07, 6.45) is 1.85. The molecule has 2 rings (SSSR count). The molecule has 1 aromatic carbocycles. The number of halogens is 2. The summed E-state index contributed by atoms with van der Waals surface area (Å²) in [5.41, 5.74) is 0.711. The van der Waals surface area contributed by atoms with Crippen LogP contribution in [0.5, 0.6) is 0 Å². The van der Waals surface area contributed by atoms with Gasteiger partial charge in [0.1, 0.15) is 5.82 Å². The third-order valence-electron chi connectivity index (χ3n) is 3.68. The maximum atomic E-state index is 13.3. The Morgan fingerprint density at radius 1 is 1.38 bits per heavy atom. The molecule has 0 spiro atoms. The van der Waals surface area contributed by atoms with Gasteiger partial charge in [0.25, 0.3) is 0 Å². The topological polar surface area (TPSA) is 35.6 Å². The number of anilines is 1. The smallest absolute Gasteiger partial charge is 0.236 e. The van der Waals surface area contributed by atoms with E-state index in [-0.39, 0.29) is 17.8 Å². The van der Waals surface area contributed by atoms with E-state index in [0.29, 0.717) is 17.3 Å². The molecular formula is C15H21ClFN3O. The molecule has 0 saturated carbocycles. The maximum Gasteiger partial charge on any atom is 0.236 e. The summed E-state index contributed by atoms with van der Waals surface area (Å²) in [4.78, 5) is 15.4. The highest BCUT2D eigenvalue weighted by molar-refractivity contribution is 6.30. The average molecular weight is 314 g/mol. The number of piperidine rings is 1. The first-order valence-electron chi connectivity index (χ1n) is 7.09. The lowest BCUT2D eigenvalue weighted by atomic mass is 10.0. The van der Waals surface area contributed by atoms with Crippen molar-refractivity contribution in [2.24, 2.45) is 0 Å². The molecule has 1 amide bonds. The fourth-order valence-corrected chi connectivity index (χ4v) is 2.66. The third kappa shape index (κ3) is 4.86. The van der Waals surface area contributed by atoms with Gasteiger partial charge >= 0.3 is 0 Å². The molecule has 6 heteroatoms. The third-order valence-corrected chi connectivity index (χ3v) is 3.90. The van der Waals surface area contributed by atoms with Crippen LogP contribution in [0.3, 0.4) is 0 Å². The molecule has 1 aromatic rings. The van der Waals surface area contributed by atoms with Crippen LogP contribution in [0, 0.1) is 5.82 Å². The second kappa shape index (κ2) is 7.09. The molecule has 4 nitrogen and oxygen atoms in total. The standard InChI is InChI=1S/C15H21ClFN3O/c1-19(2)15(21)10-20-5-3-13(4-6-20)18-14-8-11(16)7-12(17)9-14/h7-9,13,18H,3-6,10H2,1-2H3. The molecule has 1 aliphatic heterocycles. The van der Waals surface area contributed by atoms with Crippen molar-refractivity contribution >= 4 is 23.2 Å². The van der Waals surface area contributed by atoms with Gasteiger partial charge in [-0.05, 0) is 31.0 Å². The van der Waals surface area contributed by atoms with E-state index in [4.69, 9.17) is 11.6 Å². The molecule has 1 saturated heterocycles. The predicted molar refractivity (Wildman–Crippen MR) is 83.2 cm³/mol. The number of amides is 1. The molecule has 0 bridgehead atoms. The number of likely N-dealkylation sites (tertiary alicyclic amines) is 1. The van der Waals surface area contributed by atoms with Gasteiger partial charge < -0.3 is 10.2 Å². The summed E-state index contributed by atoms with van der Waals surface area (Å²) >= 11 is 5.85. The maximum absolute atomic E-state index is 13.3. The number of carbonyl (C=O) groups is 1. The van der Waals surface area contributed by atoms with Crippen molar-refractivity contribution in [2.45, 2.75) is 18.9 Å². The van der Waals surface area contributed by atoms with E-state index in [1.54, 1.807) is 25.1 Å². The zero-order valence-electron chi connectivity index (χ0n) is 12.4. The monoisotopic (exact) mass is 313 g/mol. The number of nitrogens with one attached hydrogen (secondary N) is 1. The SMILES string of the molecule is CN(C)C(=O)CN1CCC(Nc2cc(F)cc(Cl)c2)CC1. The van der Waals surface area contributed by atoms with Crippen LogP contribution < -0.4 is 5.32 Å². The quantitative estimate of drug-likeness (QED) is 0.927. The molecule has 1 heterocycles. The first-order chi connectivity index (χ1) is 9.94. The molecule has 21 heavy (non-hydrogen) atoms. The van der Waals surface area contributed by atoms with Gasteiger partial charge in [-0.3, -0.25) is 9.69 Å². The van der Waals surface area contributed by atoms with E-state index in [2.05, 4.69) is 10.2 Å². The highest BCUT2D eigenvalue weighted by Gasteiger charge is 2.21. The van der Waals surface area contributed by atoms with Crippen LogP contribution >= 0.6 is 11.6 Å². The minimum Gasteiger partial charge on any atom is -0.382 e. The van der Waals surface area contributed by atoms with Crippen LogP contribution in [-0.4, -0.2) is 55.5 Å². The van der Waals surface area contributed by atoms with Crippen LogP contribution in [-0.2, 0) is 4.79 Å². The minimum absolute atomic E-state index is 0.123. The molecular weight excluding hydrogens is 293 g/mol. The van der Waals surface area contributed by atoms with Crippen molar-refractivity contribution in [2.75, 3.05) is 39.0 Å². The molecule has 1 aliphatic rings. The lowest BCUT2D eigenvalue weighted by molar-refractivity contribution is -0.130. The molecule has 116 valence electrons. The first-order valence-corrected chi connectivity index (χ1v) is 7.47. The van der Waals surface area contributed by atoms with Crippen molar-refractivity contribution in [3.05, 3.63) is 29.0 Å². The van der Waals surface area contributed by atoms with E-state index >= 15 is 0 Å². The molecule has 0 aromatic heterocycles. The van der Waals surface area contributed by atoms with Crippen LogP contribution in [0.4, 0.5) is 10.1 Å². The number of hydrogen-bond acceptors (Lipinski definition) is 3. The molecule has 0 unspecified atom stereocenters.